The van der Waals surface area contributed by atoms with Gasteiger partial charge in [0.05, 0.1) is 10.0 Å². The molecule has 0 saturated carbocycles. The molecule has 1 N–H and O–H groups in total. The van der Waals surface area contributed by atoms with E-state index in [1.165, 1.54) is 0 Å². The summed E-state index contributed by atoms with van der Waals surface area (Å²) in [7, 11) is 0. The van der Waals surface area contributed by atoms with E-state index in [0.717, 1.165) is 30.7 Å². The summed E-state index contributed by atoms with van der Waals surface area (Å²) in [6.45, 7) is 3.07. The van der Waals surface area contributed by atoms with Crippen LogP contribution in [-0.2, 0) is 6.42 Å². The molecule has 0 aliphatic carbocycles. The number of carbonyl (C=O) groups excluding carboxylic acids is 1. The molecule has 0 unspecified atom stereocenters. The lowest BCUT2D eigenvalue weighted by Gasteiger charge is -2.18. The summed E-state index contributed by atoms with van der Waals surface area (Å²) >= 11 is 12.0. The molecule has 1 aliphatic rings. The first-order valence-corrected chi connectivity index (χ1v) is 9.24. The molecule has 2 heterocycles. The minimum Gasteiger partial charge on any atom is -0.396 e. The fraction of sp³-hybridized carbons (Fsp3) is 0.389. The number of hydrogen-bond donors (Lipinski definition) is 1. The molecule has 6 nitrogen and oxygen atoms in total. The van der Waals surface area contributed by atoms with Gasteiger partial charge >= 0.3 is 6.03 Å². The Bertz CT molecular complexity index is 816. The van der Waals surface area contributed by atoms with Gasteiger partial charge in [-0.25, -0.2) is 14.8 Å². The number of aliphatic hydroxyl groups is 1. The lowest BCUT2D eigenvalue weighted by Crippen LogP contribution is -2.33. The van der Waals surface area contributed by atoms with Crippen molar-refractivity contribution >= 4 is 40.9 Å². The number of carbonyl (C=O) groups is 1. The predicted molar refractivity (Wildman–Crippen MR) is 103 cm³/mol. The normalized spacial score (nSPS) is 14.4. The van der Waals surface area contributed by atoms with Gasteiger partial charge in [0.25, 0.3) is 0 Å². The average Bonchev–Trinajstić information content (AvgIpc) is 2.99. The van der Waals surface area contributed by atoms with Crippen LogP contribution >= 0.6 is 23.2 Å². The monoisotopic (exact) mass is 394 g/mol. The summed E-state index contributed by atoms with van der Waals surface area (Å²) in [5, 5.41) is 9.79. The molecule has 1 aromatic heterocycles. The van der Waals surface area contributed by atoms with Gasteiger partial charge < -0.3 is 5.11 Å². The Hall–Kier alpha value is -1.89. The molecule has 1 aliphatic heterocycles. The molecule has 26 heavy (non-hydrogen) atoms. The standard InChI is InChI=1S/C18H20Cl2N4O2/c1-12-10-13(4-2-3-9-25)22-17(21-12)24-8-7-23(18(24)26)14-5-6-15(19)16(20)11-14/h5-6,10-11,25H,2-4,7-9H2,1H3. The number of aromatic nitrogens is 2. The van der Waals surface area contributed by atoms with Crippen molar-refractivity contribution in [2.24, 2.45) is 0 Å². The lowest BCUT2D eigenvalue weighted by atomic mass is 10.2. The number of rotatable bonds is 6. The topological polar surface area (TPSA) is 69.6 Å². The molecule has 0 spiro atoms. The number of hydrogen-bond acceptors (Lipinski definition) is 4. The van der Waals surface area contributed by atoms with Crippen LogP contribution in [0.25, 0.3) is 0 Å². The number of aryl methyl sites for hydroxylation is 2. The third-order valence-electron chi connectivity index (χ3n) is 4.20. The lowest BCUT2D eigenvalue weighted by molar-refractivity contribution is 0.255. The van der Waals surface area contributed by atoms with Crippen LogP contribution in [0, 0.1) is 6.92 Å². The van der Waals surface area contributed by atoms with Crippen LogP contribution in [0.15, 0.2) is 24.3 Å². The van der Waals surface area contributed by atoms with Crippen molar-refractivity contribution < 1.29 is 9.90 Å². The second-order valence-electron chi connectivity index (χ2n) is 6.17. The minimum absolute atomic E-state index is 0.167. The van der Waals surface area contributed by atoms with Gasteiger partial charge in [0.1, 0.15) is 0 Å². The highest BCUT2D eigenvalue weighted by Crippen LogP contribution is 2.30. The second kappa shape index (κ2) is 8.20. The van der Waals surface area contributed by atoms with Gasteiger partial charge in [-0.1, -0.05) is 23.2 Å². The fourth-order valence-electron chi connectivity index (χ4n) is 2.90. The van der Waals surface area contributed by atoms with Crippen LogP contribution in [0.4, 0.5) is 16.4 Å². The Morgan fingerprint density at radius 3 is 2.58 bits per heavy atom. The summed E-state index contributed by atoms with van der Waals surface area (Å²) in [5.41, 5.74) is 2.39. The van der Waals surface area contributed by atoms with E-state index < -0.39 is 0 Å². The number of nitrogens with zero attached hydrogens (tertiary/aromatic N) is 4. The number of benzene rings is 1. The van der Waals surface area contributed by atoms with Gasteiger partial charge in [-0.15, -0.1) is 0 Å². The molecular weight excluding hydrogens is 375 g/mol. The molecule has 2 aromatic rings. The molecule has 138 valence electrons. The zero-order valence-corrected chi connectivity index (χ0v) is 16.0. The van der Waals surface area contributed by atoms with E-state index in [0.29, 0.717) is 34.8 Å². The van der Waals surface area contributed by atoms with E-state index in [4.69, 9.17) is 28.3 Å². The number of urea groups is 1. The molecule has 3 rings (SSSR count). The second-order valence-corrected chi connectivity index (χ2v) is 6.98. The summed E-state index contributed by atoms with van der Waals surface area (Å²) in [5.74, 6) is 0.413. The van der Waals surface area contributed by atoms with Crippen LogP contribution in [0.1, 0.15) is 24.2 Å². The summed E-state index contributed by atoms with van der Waals surface area (Å²) in [6.07, 6.45) is 2.32. The van der Waals surface area contributed by atoms with Gasteiger partial charge in [-0.05, 0) is 50.5 Å². The van der Waals surface area contributed by atoms with Crippen molar-refractivity contribution in [2.45, 2.75) is 26.2 Å². The molecule has 1 aromatic carbocycles. The van der Waals surface area contributed by atoms with E-state index in [9.17, 15) is 4.79 Å². The number of amides is 2. The summed E-state index contributed by atoms with van der Waals surface area (Å²) < 4.78 is 0. The van der Waals surface area contributed by atoms with Crippen molar-refractivity contribution in [1.82, 2.24) is 9.97 Å². The molecule has 2 amide bonds. The van der Waals surface area contributed by atoms with E-state index in [1.54, 1.807) is 28.0 Å². The highest BCUT2D eigenvalue weighted by atomic mass is 35.5. The maximum atomic E-state index is 12.8. The first-order chi connectivity index (χ1) is 12.5. The highest BCUT2D eigenvalue weighted by Gasteiger charge is 2.32. The number of anilines is 2. The Morgan fingerprint density at radius 1 is 1.08 bits per heavy atom. The zero-order valence-electron chi connectivity index (χ0n) is 14.5. The molecular formula is C18H20Cl2N4O2. The zero-order chi connectivity index (χ0) is 18.7. The van der Waals surface area contributed by atoms with Gasteiger partial charge in [0.15, 0.2) is 0 Å². The van der Waals surface area contributed by atoms with Crippen molar-refractivity contribution in [3.05, 3.63) is 45.7 Å². The van der Waals surface area contributed by atoms with Crippen molar-refractivity contribution in [1.29, 1.82) is 0 Å². The van der Waals surface area contributed by atoms with Crippen LogP contribution in [0.5, 0.6) is 0 Å². The van der Waals surface area contributed by atoms with Crippen molar-refractivity contribution in [3.63, 3.8) is 0 Å². The number of aliphatic hydroxyl groups excluding tert-OH is 1. The molecule has 0 atom stereocenters. The van der Waals surface area contributed by atoms with Gasteiger partial charge in [-0.2, -0.15) is 0 Å². The third-order valence-corrected chi connectivity index (χ3v) is 4.94. The van der Waals surface area contributed by atoms with E-state index in [2.05, 4.69) is 9.97 Å². The largest absolute Gasteiger partial charge is 0.396 e. The quantitative estimate of drug-likeness (QED) is 0.755. The SMILES string of the molecule is Cc1cc(CCCCO)nc(N2CCN(c3ccc(Cl)c(Cl)c3)C2=O)n1. The van der Waals surface area contributed by atoms with Gasteiger partial charge in [0.2, 0.25) is 5.95 Å². The van der Waals surface area contributed by atoms with E-state index in [-0.39, 0.29) is 12.6 Å². The summed E-state index contributed by atoms with van der Waals surface area (Å²) in [6, 6.07) is 6.86. The maximum absolute atomic E-state index is 12.8. The third kappa shape index (κ3) is 4.09. The first-order valence-electron chi connectivity index (χ1n) is 8.49. The molecule has 1 fully saturated rings. The Labute approximate surface area is 162 Å². The van der Waals surface area contributed by atoms with E-state index >= 15 is 0 Å². The maximum Gasteiger partial charge on any atom is 0.331 e. The minimum atomic E-state index is -0.185. The van der Waals surface area contributed by atoms with Crippen LogP contribution in [-0.4, -0.2) is 40.8 Å². The fourth-order valence-corrected chi connectivity index (χ4v) is 3.19. The van der Waals surface area contributed by atoms with Crippen molar-refractivity contribution in [3.8, 4) is 0 Å². The number of halogens is 2. The molecule has 0 radical (unpaired) electrons. The molecule has 0 bridgehead atoms. The molecule has 1 saturated heterocycles. The van der Waals surface area contributed by atoms with Crippen LogP contribution in [0.3, 0.4) is 0 Å². The number of unbranched alkanes of at least 4 members (excludes halogenated alkanes) is 1. The Balaban J connectivity index is 1.80. The smallest absolute Gasteiger partial charge is 0.331 e. The van der Waals surface area contributed by atoms with Crippen LogP contribution < -0.4 is 9.80 Å². The van der Waals surface area contributed by atoms with Gasteiger partial charge in [-0.3, -0.25) is 9.80 Å². The van der Waals surface area contributed by atoms with E-state index in [1.807, 2.05) is 13.0 Å². The Morgan fingerprint density at radius 2 is 1.85 bits per heavy atom. The average molecular weight is 395 g/mol. The predicted octanol–water partition coefficient (Wildman–Crippen LogP) is 3.85. The highest BCUT2D eigenvalue weighted by molar-refractivity contribution is 6.42. The van der Waals surface area contributed by atoms with Crippen molar-refractivity contribution in [2.75, 3.05) is 29.5 Å². The summed E-state index contributed by atoms with van der Waals surface area (Å²) in [4.78, 5) is 25.0. The van der Waals surface area contributed by atoms with Crippen LogP contribution in [0.2, 0.25) is 10.0 Å². The Kier molecular flexibility index (Phi) is 5.96. The molecule has 8 heteroatoms. The first kappa shape index (κ1) is 18.9. The van der Waals surface area contributed by atoms with Gasteiger partial charge in [0, 0.05) is 36.8 Å².